The number of nitrogens with one attached hydrogen (secondary N) is 1. The Labute approximate surface area is 145 Å². The summed E-state index contributed by atoms with van der Waals surface area (Å²) in [5.41, 5.74) is -1.21. The summed E-state index contributed by atoms with van der Waals surface area (Å²) in [6.07, 6.45) is -3.46. The van der Waals surface area contributed by atoms with Gasteiger partial charge in [0.25, 0.3) is 0 Å². The Morgan fingerprint density at radius 2 is 2.04 bits per heavy atom. The molecule has 11 heteroatoms. The molecule has 0 spiro atoms. The van der Waals surface area contributed by atoms with Crippen LogP contribution >= 0.6 is 0 Å². The van der Waals surface area contributed by atoms with Crippen LogP contribution in [0.2, 0.25) is 0 Å². The van der Waals surface area contributed by atoms with Gasteiger partial charge in [-0.2, -0.15) is 13.2 Å². The fourth-order valence-electron chi connectivity index (χ4n) is 2.02. The summed E-state index contributed by atoms with van der Waals surface area (Å²) in [5.74, 6) is -2.13. The maximum absolute atomic E-state index is 12.9. The van der Waals surface area contributed by atoms with Crippen LogP contribution in [-0.2, 0) is 17.5 Å². The summed E-state index contributed by atoms with van der Waals surface area (Å²) in [4.78, 5) is 22.5. The molecule has 0 saturated heterocycles. The van der Waals surface area contributed by atoms with Crippen molar-refractivity contribution in [2.45, 2.75) is 25.7 Å². The van der Waals surface area contributed by atoms with Crippen LogP contribution in [0.5, 0.6) is 5.75 Å². The summed E-state index contributed by atoms with van der Waals surface area (Å²) in [6.45, 7) is 1.08. The third-order valence-corrected chi connectivity index (χ3v) is 3.15. The zero-order valence-electron chi connectivity index (χ0n) is 13.5. The number of carboxylic acids is 1. The lowest BCUT2D eigenvalue weighted by Gasteiger charge is -2.17. The number of alkyl halides is 3. The number of aromatic nitrogens is 3. The van der Waals surface area contributed by atoms with Crippen molar-refractivity contribution in [1.82, 2.24) is 20.3 Å². The Balaban J connectivity index is 1.88. The topological polar surface area (TPSA) is 106 Å². The van der Waals surface area contributed by atoms with Crippen molar-refractivity contribution in [2.24, 2.45) is 0 Å². The van der Waals surface area contributed by atoms with Crippen molar-refractivity contribution in [3.8, 4) is 5.75 Å². The number of hydrogen-bond donors (Lipinski definition) is 2. The van der Waals surface area contributed by atoms with Crippen LogP contribution in [0, 0.1) is 0 Å². The Hall–Kier alpha value is -3.11. The van der Waals surface area contributed by atoms with E-state index in [1.54, 1.807) is 6.92 Å². The number of amides is 1. The third kappa shape index (κ3) is 5.19. The highest BCUT2D eigenvalue weighted by Gasteiger charge is 2.34. The maximum atomic E-state index is 12.9. The molecule has 2 rings (SSSR count). The summed E-state index contributed by atoms with van der Waals surface area (Å²) < 4.78 is 44.8. The standard InChI is InChI=1S/C15H15F3N4O4/c1-9(8-26-12-5-3-2-4-10(12)15(16,17)18)19-13(23)7-22-6-11(14(24)25)20-21-22/h2-6,9H,7-8H2,1H3,(H,19,23)(H,24,25). The van der Waals surface area contributed by atoms with Crippen molar-refractivity contribution in [3.05, 3.63) is 41.7 Å². The van der Waals surface area contributed by atoms with Gasteiger partial charge in [-0.05, 0) is 19.1 Å². The molecule has 0 fully saturated rings. The molecule has 1 aromatic carbocycles. The van der Waals surface area contributed by atoms with E-state index < -0.39 is 29.7 Å². The van der Waals surface area contributed by atoms with Crippen LogP contribution in [0.3, 0.4) is 0 Å². The minimum atomic E-state index is -4.54. The minimum absolute atomic E-state index is 0.184. The lowest BCUT2D eigenvalue weighted by atomic mass is 10.2. The zero-order chi connectivity index (χ0) is 19.3. The van der Waals surface area contributed by atoms with Crippen molar-refractivity contribution >= 4 is 11.9 Å². The highest BCUT2D eigenvalue weighted by Crippen LogP contribution is 2.35. The summed E-state index contributed by atoms with van der Waals surface area (Å²) in [6, 6.07) is 4.18. The second-order valence-corrected chi connectivity index (χ2v) is 5.38. The number of rotatable bonds is 7. The van der Waals surface area contributed by atoms with E-state index in [1.807, 2.05) is 0 Å². The number of para-hydroxylation sites is 1. The highest BCUT2D eigenvalue weighted by molar-refractivity contribution is 5.84. The first-order valence-electron chi connectivity index (χ1n) is 7.38. The molecule has 0 aliphatic heterocycles. The SMILES string of the molecule is CC(COc1ccccc1C(F)(F)F)NC(=O)Cn1cc(C(=O)O)nn1. The van der Waals surface area contributed by atoms with Crippen LogP contribution in [0.15, 0.2) is 30.5 Å². The molecule has 140 valence electrons. The summed E-state index contributed by atoms with van der Waals surface area (Å²) >= 11 is 0. The molecule has 0 aliphatic carbocycles. The Kier molecular flexibility index (Phi) is 5.80. The molecule has 1 atom stereocenters. The molecule has 0 bridgehead atoms. The minimum Gasteiger partial charge on any atom is -0.491 e. The second-order valence-electron chi connectivity index (χ2n) is 5.38. The molecule has 1 heterocycles. The number of hydrogen-bond acceptors (Lipinski definition) is 5. The lowest BCUT2D eigenvalue weighted by Crippen LogP contribution is -2.38. The van der Waals surface area contributed by atoms with Gasteiger partial charge in [-0.25, -0.2) is 9.48 Å². The van der Waals surface area contributed by atoms with Gasteiger partial charge < -0.3 is 15.2 Å². The van der Waals surface area contributed by atoms with Gasteiger partial charge in [0.1, 0.15) is 18.9 Å². The second kappa shape index (κ2) is 7.85. The Morgan fingerprint density at radius 3 is 2.65 bits per heavy atom. The quantitative estimate of drug-likeness (QED) is 0.764. The average Bonchev–Trinajstić information content (AvgIpc) is 3.01. The summed E-state index contributed by atoms with van der Waals surface area (Å²) in [5, 5.41) is 18.1. The van der Waals surface area contributed by atoms with Crippen molar-refractivity contribution in [1.29, 1.82) is 0 Å². The maximum Gasteiger partial charge on any atom is 0.419 e. The Morgan fingerprint density at radius 1 is 1.35 bits per heavy atom. The lowest BCUT2D eigenvalue weighted by molar-refractivity contribution is -0.139. The fraction of sp³-hybridized carbons (Fsp3) is 0.333. The van der Waals surface area contributed by atoms with E-state index in [0.29, 0.717) is 0 Å². The monoisotopic (exact) mass is 372 g/mol. The van der Waals surface area contributed by atoms with E-state index in [-0.39, 0.29) is 24.6 Å². The first kappa shape index (κ1) is 19.2. The van der Waals surface area contributed by atoms with Crippen molar-refractivity contribution in [3.63, 3.8) is 0 Å². The van der Waals surface area contributed by atoms with Gasteiger partial charge in [-0.3, -0.25) is 4.79 Å². The molecular weight excluding hydrogens is 357 g/mol. The molecule has 0 saturated carbocycles. The van der Waals surface area contributed by atoms with E-state index in [2.05, 4.69) is 15.6 Å². The molecule has 2 N–H and O–H groups in total. The molecule has 1 unspecified atom stereocenters. The molecule has 1 amide bonds. The molecule has 0 radical (unpaired) electrons. The van der Waals surface area contributed by atoms with Gasteiger partial charge >= 0.3 is 12.1 Å². The molecule has 0 aliphatic rings. The number of halogens is 3. The number of aromatic carboxylic acids is 1. The van der Waals surface area contributed by atoms with Gasteiger partial charge in [0.05, 0.1) is 17.8 Å². The number of ether oxygens (including phenoxy) is 1. The number of carbonyl (C=O) groups is 2. The summed E-state index contributed by atoms with van der Waals surface area (Å²) in [7, 11) is 0. The number of carboxylic acid groups (broad SMARTS) is 1. The molecule has 26 heavy (non-hydrogen) atoms. The predicted molar refractivity (Wildman–Crippen MR) is 81.5 cm³/mol. The largest absolute Gasteiger partial charge is 0.491 e. The zero-order valence-corrected chi connectivity index (χ0v) is 13.5. The first-order valence-corrected chi connectivity index (χ1v) is 7.38. The van der Waals surface area contributed by atoms with E-state index >= 15 is 0 Å². The molecular formula is C15H15F3N4O4. The van der Waals surface area contributed by atoms with Crippen molar-refractivity contribution in [2.75, 3.05) is 6.61 Å². The molecule has 2 aromatic rings. The van der Waals surface area contributed by atoms with Gasteiger partial charge in [-0.1, -0.05) is 17.3 Å². The molecule has 8 nitrogen and oxygen atoms in total. The number of carbonyl (C=O) groups excluding carboxylic acids is 1. The van der Waals surface area contributed by atoms with Gasteiger partial charge in [0.2, 0.25) is 5.91 Å². The smallest absolute Gasteiger partial charge is 0.419 e. The van der Waals surface area contributed by atoms with Crippen LogP contribution in [0.4, 0.5) is 13.2 Å². The first-order chi connectivity index (χ1) is 12.2. The van der Waals surface area contributed by atoms with E-state index in [0.717, 1.165) is 16.9 Å². The highest BCUT2D eigenvalue weighted by atomic mass is 19.4. The van der Waals surface area contributed by atoms with Crippen LogP contribution in [0.1, 0.15) is 23.0 Å². The predicted octanol–water partition coefficient (Wildman–Crippen LogP) is 1.58. The van der Waals surface area contributed by atoms with Crippen LogP contribution in [-0.4, -0.2) is 44.6 Å². The van der Waals surface area contributed by atoms with E-state index in [9.17, 15) is 22.8 Å². The van der Waals surface area contributed by atoms with E-state index in [4.69, 9.17) is 9.84 Å². The third-order valence-electron chi connectivity index (χ3n) is 3.15. The average molecular weight is 372 g/mol. The van der Waals surface area contributed by atoms with Gasteiger partial charge in [0, 0.05) is 0 Å². The molecule has 1 aromatic heterocycles. The number of benzene rings is 1. The van der Waals surface area contributed by atoms with Gasteiger partial charge in [0.15, 0.2) is 5.69 Å². The fourth-order valence-corrected chi connectivity index (χ4v) is 2.02. The van der Waals surface area contributed by atoms with Crippen LogP contribution in [0.25, 0.3) is 0 Å². The number of nitrogens with zero attached hydrogens (tertiary/aromatic N) is 3. The Bertz CT molecular complexity index is 791. The van der Waals surface area contributed by atoms with Gasteiger partial charge in [-0.15, -0.1) is 5.10 Å². The normalized spacial score (nSPS) is 12.5. The van der Waals surface area contributed by atoms with Crippen molar-refractivity contribution < 1.29 is 32.6 Å². The van der Waals surface area contributed by atoms with Crippen LogP contribution < -0.4 is 10.1 Å². The van der Waals surface area contributed by atoms with E-state index in [1.165, 1.54) is 18.2 Å².